The summed E-state index contributed by atoms with van der Waals surface area (Å²) in [5, 5.41) is 11.6. The van der Waals surface area contributed by atoms with Gasteiger partial charge < -0.3 is 20.1 Å². The van der Waals surface area contributed by atoms with Gasteiger partial charge in [-0.25, -0.2) is 4.79 Å². The molecule has 0 bridgehead atoms. The van der Waals surface area contributed by atoms with E-state index >= 15 is 0 Å². The number of urea groups is 1. The van der Waals surface area contributed by atoms with E-state index in [1.165, 1.54) is 4.90 Å². The molecule has 19 heavy (non-hydrogen) atoms. The van der Waals surface area contributed by atoms with E-state index in [2.05, 4.69) is 5.32 Å². The number of carboxylic acids is 1. The lowest BCUT2D eigenvalue weighted by Gasteiger charge is -2.22. The summed E-state index contributed by atoms with van der Waals surface area (Å²) in [5.74, 6) is -0.982. The molecule has 0 aromatic rings. The lowest BCUT2D eigenvalue weighted by molar-refractivity contribution is -0.137. The zero-order valence-corrected chi connectivity index (χ0v) is 11.8. The Hall–Kier alpha value is -1.30. The summed E-state index contributed by atoms with van der Waals surface area (Å²) >= 11 is 0. The summed E-state index contributed by atoms with van der Waals surface area (Å²) in [4.78, 5) is 24.0. The van der Waals surface area contributed by atoms with Crippen molar-refractivity contribution < 1.29 is 19.4 Å². The number of methoxy groups -OCH3 is 1. The lowest BCUT2D eigenvalue weighted by atomic mass is 10.0. The first-order chi connectivity index (χ1) is 9.03. The minimum absolute atomic E-state index is 0.173. The number of nitrogens with one attached hydrogen (secondary N) is 1. The van der Waals surface area contributed by atoms with Gasteiger partial charge in [-0.15, -0.1) is 0 Å². The van der Waals surface area contributed by atoms with Crippen molar-refractivity contribution in [3.05, 3.63) is 0 Å². The standard InChI is InChI=1S/C13H24N2O4/c1-3-7-15(9-11(16)17)12(18)14-10-13(4-5-13)6-8-19-2/h3-10H2,1-2H3,(H,14,18)(H,16,17). The highest BCUT2D eigenvalue weighted by Gasteiger charge is 2.42. The van der Waals surface area contributed by atoms with Crippen LogP contribution >= 0.6 is 0 Å². The number of amides is 2. The summed E-state index contributed by atoms with van der Waals surface area (Å²) < 4.78 is 5.06. The number of hydrogen-bond acceptors (Lipinski definition) is 3. The van der Waals surface area contributed by atoms with Crippen LogP contribution in [0.2, 0.25) is 0 Å². The van der Waals surface area contributed by atoms with E-state index in [9.17, 15) is 9.59 Å². The molecule has 1 aliphatic carbocycles. The molecule has 0 unspecified atom stereocenters. The Balaban J connectivity index is 2.37. The highest BCUT2D eigenvalue weighted by Crippen LogP contribution is 2.48. The summed E-state index contributed by atoms with van der Waals surface area (Å²) in [7, 11) is 1.67. The predicted octanol–water partition coefficient (Wildman–Crippen LogP) is 1.31. The minimum Gasteiger partial charge on any atom is -0.480 e. The van der Waals surface area contributed by atoms with Crippen molar-refractivity contribution in [2.24, 2.45) is 5.41 Å². The van der Waals surface area contributed by atoms with Gasteiger partial charge in [0, 0.05) is 26.8 Å². The van der Waals surface area contributed by atoms with Crippen LogP contribution in [-0.4, -0.2) is 55.4 Å². The van der Waals surface area contributed by atoms with E-state index in [1.54, 1.807) is 7.11 Å². The number of carbonyl (C=O) groups excluding carboxylic acids is 1. The quantitative estimate of drug-likeness (QED) is 0.663. The normalized spacial score (nSPS) is 15.9. The molecule has 0 atom stereocenters. The fourth-order valence-corrected chi connectivity index (χ4v) is 2.07. The van der Waals surface area contributed by atoms with Gasteiger partial charge in [0.1, 0.15) is 6.54 Å². The van der Waals surface area contributed by atoms with Crippen LogP contribution in [0.4, 0.5) is 4.79 Å². The van der Waals surface area contributed by atoms with Crippen LogP contribution in [0, 0.1) is 5.41 Å². The highest BCUT2D eigenvalue weighted by molar-refractivity contribution is 5.80. The lowest BCUT2D eigenvalue weighted by Crippen LogP contribution is -2.45. The highest BCUT2D eigenvalue weighted by atomic mass is 16.5. The van der Waals surface area contributed by atoms with Crippen LogP contribution < -0.4 is 5.32 Å². The Kier molecular flexibility index (Phi) is 6.08. The van der Waals surface area contributed by atoms with Gasteiger partial charge in [0.05, 0.1) is 0 Å². The number of aliphatic carboxylic acids is 1. The van der Waals surface area contributed by atoms with Crippen molar-refractivity contribution in [2.45, 2.75) is 32.6 Å². The molecular weight excluding hydrogens is 248 g/mol. The average molecular weight is 272 g/mol. The van der Waals surface area contributed by atoms with E-state index < -0.39 is 5.97 Å². The van der Waals surface area contributed by atoms with Gasteiger partial charge in [-0.05, 0) is 31.1 Å². The Labute approximate surface area is 114 Å². The van der Waals surface area contributed by atoms with Gasteiger partial charge in [0.25, 0.3) is 0 Å². The van der Waals surface area contributed by atoms with Crippen molar-refractivity contribution in [1.82, 2.24) is 10.2 Å². The second kappa shape index (κ2) is 7.33. The van der Waals surface area contributed by atoms with Gasteiger partial charge in [-0.1, -0.05) is 6.92 Å². The second-order valence-electron chi connectivity index (χ2n) is 5.22. The van der Waals surface area contributed by atoms with Gasteiger partial charge in [-0.2, -0.15) is 0 Å². The first-order valence-corrected chi connectivity index (χ1v) is 6.76. The molecule has 1 saturated carbocycles. The van der Waals surface area contributed by atoms with Gasteiger partial charge in [-0.3, -0.25) is 4.79 Å². The molecule has 0 radical (unpaired) electrons. The molecule has 0 spiro atoms. The fraction of sp³-hybridized carbons (Fsp3) is 0.846. The van der Waals surface area contributed by atoms with E-state index in [0.717, 1.165) is 25.7 Å². The van der Waals surface area contributed by atoms with E-state index in [4.69, 9.17) is 9.84 Å². The first kappa shape index (κ1) is 15.8. The topological polar surface area (TPSA) is 78.9 Å². The third-order valence-corrected chi connectivity index (χ3v) is 3.52. The summed E-state index contributed by atoms with van der Waals surface area (Å²) in [6.07, 6.45) is 3.89. The number of nitrogens with zero attached hydrogens (tertiary/aromatic N) is 1. The molecule has 1 rings (SSSR count). The average Bonchev–Trinajstić information content (AvgIpc) is 3.13. The van der Waals surface area contributed by atoms with Crippen molar-refractivity contribution in [3.8, 4) is 0 Å². The van der Waals surface area contributed by atoms with Gasteiger partial charge in [0.2, 0.25) is 0 Å². The molecule has 0 aliphatic heterocycles. The Morgan fingerprint density at radius 1 is 1.42 bits per heavy atom. The molecule has 0 saturated heterocycles. The third-order valence-electron chi connectivity index (χ3n) is 3.52. The fourth-order valence-electron chi connectivity index (χ4n) is 2.07. The smallest absolute Gasteiger partial charge is 0.323 e. The number of carbonyl (C=O) groups is 2. The molecule has 0 aromatic heterocycles. The maximum absolute atomic E-state index is 11.9. The van der Waals surface area contributed by atoms with Crippen LogP contribution in [0.3, 0.4) is 0 Å². The Bertz CT molecular complexity index is 316. The molecule has 1 fully saturated rings. The van der Waals surface area contributed by atoms with Crippen LogP contribution in [0.5, 0.6) is 0 Å². The van der Waals surface area contributed by atoms with Crippen molar-refractivity contribution in [1.29, 1.82) is 0 Å². The first-order valence-electron chi connectivity index (χ1n) is 6.76. The second-order valence-corrected chi connectivity index (χ2v) is 5.22. The minimum atomic E-state index is -0.982. The molecule has 1 aliphatic rings. The molecule has 0 aromatic carbocycles. The van der Waals surface area contributed by atoms with Crippen molar-refractivity contribution in [3.63, 3.8) is 0 Å². The van der Waals surface area contributed by atoms with Crippen molar-refractivity contribution in [2.75, 3.05) is 33.4 Å². The van der Waals surface area contributed by atoms with Crippen LogP contribution in [0.25, 0.3) is 0 Å². The van der Waals surface area contributed by atoms with Crippen LogP contribution in [-0.2, 0) is 9.53 Å². The molecule has 2 amide bonds. The molecular formula is C13H24N2O4. The Morgan fingerprint density at radius 3 is 2.58 bits per heavy atom. The van der Waals surface area contributed by atoms with Crippen LogP contribution in [0.1, 0.15) is 32.6 Å². The van der Waals surface area contributed by atoms with E-state index in [0.29, 0.717) is 19.7 Å². The van der Waals surface area contributed by atoms with Gasteiger partial charge >= 0.3 is 12.0 Å². The zero-order chi connectivity index (χ0) is 14.3. The maximum atomic E-state index is 11.9. The third kappa shape index (κ3) is 5.46. The van der Waals surface area contributed by atoms with Crippen molar-refractivity contribution >= 4 is 12.0 Å². The SMILES string of the molecule is CCCN(CC(=O)O)C(=O)NCC1(CCOC)CC1. The maximum Gasteiger partial charge on any atom is 0.323 e. The number of rotatable bonds is 9. The predicted molar refractivity (Wildman–Crippen MR) is 71.1 cm³/mol. The molecule has 0 heterocycles. The monoisotopic (exact) mass is 272 g/mol. The Morgan fingerprint density at radius 2 is 2.11 bits per heavy atom. The van der Waals surface area contributed by atoms with Gasteiger partial charge in [0.15, 0.2) is 0 Å². The van der Waals surface area contributed by atoms with E-state index in [1.807, 2.05) is 6.92 Å². The zero-order valence-electron chi connectivity index (χ0n) is 11.8. The summed E-state index contributed by atoms with van der Waals surface area (Å²) in [6.45, 7) is 3.44. The number of ether oxygens (including phenoxy) is 1. The number of hydrogen-bond donors (Lipinski definition) is 2. The molecule has 6 nitrogen and oxygen atoms in total. The molecule has 110 valence electrons. The van der Waals surface area contributed by atoms with E-state index in [-0.39, 0.29) is 18.0 Å². The largest absolute Gasteiger partial charge is 0.480 e. The summed E-state index contributed by atoms with van der Waals surface area (Å²) in [5.41, 5.74) is 0.173. The molecule has 6 heteroatoms. The molecule has 2 N–H and O–H groups in total. The summed E-state index contributed by atoms with van der Waals surface area (Å²) in [6, 6.07) is -0.284. The van der Waals surface area contributed by atoms with Crippen LogP contribution in [0.15, 0.2) is 0 Å². The number of carboxylic acid groups (broad SMARTS) is 1.